The fraction of sp³-hybridized carbons (Fsp3) is 0.792. The van der Waals surface area contributed by atoms with Crippen LogP contribution in [0.2, 0.25) is 0 Å². The Morgan fingerprint density at radius 3 is 1.71 bits per heavy atom. The van der Waals surface area contributed by atoms with Gasteiger partial charge in [-0.3, -0.25) is 14.1 Å². The molecular weight excluding hydrogens is 751 g/mol. The number of rotatable bonds is 42. The fourth-order valence-corrected chi connectivity index (χ4v) is 6.90. The number of phosphoric ester groups is 1. The van der Waals surface area contributed by atoms with E-state index in [4.69, 9.17) is 19.3 Å². The van der Waals surface area contributed by atoms with Crippen LogP contribution >= 0.6 is 7.82 Å². The van der Waals surface area contributed by atoms with Gasteiger partial charge in [0.1, 0.15) is 6.61 Å². The van der Waals surface area contributed by atoms with E-state index in [0.717, 1.165) is 31.6 Å². The van der Waals surface area contributed by atoms with E-state index in [1.54, 1.807) is 6.08 Å². The molecule has 0 fully saturated rings. The van der Waals surface area contributed by atoms with E-state index < -0.39 is 38.6 Å². The highest BCUT2D eigenvalue weighted by molar-refractivity contribution is 7.46. The second-order valence-electron chi connectivity index (χ2n) is 16.2. The van der Waals surface area contributed by atoms with Gasteiger partial charge in [0.05, 0.1) is 12.7 Å². The summed E-state index contributed by atoms with van der Waals surface area (Å²) in [4.78, 5) is 42.9. The van der Waals surface area contributed by atoms with E-state index >= 15 is 0 Å². The van der Waals surface area contributed by atoms with Crippen LogP contribution in [0.15, 0.2) is 48.6 Å². The van der Waals surface area contributed by atoms with Crippen molar-refractivity contribution < 1.29 is 43.0 Å². The Morgan fingerprint density at radius 2 is 1.14 bits per heavy atom. The molecule has 3 N–H and O–H groups in total. The number of esters is 2. The molecule has 0 radical (unpaired) electrons. The molecule has 10 heteroatoms. The number of ether oxygens (including phenoxy) is 2. The Labute approximate surface area is 355 Å². The minimum absolute atomic E-state index is 0.102. The average Bonchev–Trinajstić information content (AvgIpc) is 3.19. The third-order valence-corrected chi connectivity index (χ3v) is 11.0. The molecule has 1 unspecified atom stereocenters. The van der Waals surface area contributed by atoms with Gasteiger partial charge >= 0.3 is 19.8 Å². The number of aliphatic hydroxyl groups excluding tert-OH is 1. The van der Waals surface area contributed by atoms with E-state index in [1.807, 2.05) is 36.5 Å². The van der Waals surface area contributed by atoms with E-state index in [9.17, 15) is 19.3 Å². The van der Waals surface area contributed by atoms with Crippen LogP contribution in [0, 0.1) is 5.92 Å². The molecule has 0 aliphatic rings. The largest absolute Gasteiger partial charge is 0.469 e. The second kappa shape index (κ2) is 41.7. The normalized spacial score (nSPS) is 14.0. The van der Waals surface area contributed by atoms with Gasteiger partial charge in [-0.05, 0) is 50.9 Å². The number of carbonyl (C=O) groups excluding carboxylic acids is 2. The molecule has 0 bridgehead atoms. The Hall–Kier alpha value is -2.03. The molecule has 0 spiro atoms. The molecule has 3 atom stereocenters. The predicted molar refractivity (Wildman–Crippen MR) is 240 cm³/mol. The fourth-order valence-electron chi connectivity index (χ4n) is 6.54. The molecule has 0 aliphatic heterocycles. The quantitative estimate of drug-likeness (QED) is 0.0180. The van der Waals surface area contributed by atoms with Crippen molar-refractivity contribution in [2.45, 2.75) is 226 Å². The standard InChI is InChI=1S/C48H87O9P/c1-4-6-7-8-22-28-33-38-45(49)39-34-29-24-21-26-31-36-41-48(51)57-46(43-56-58(52,53)54)42-55-47(50)40-35-30-25-20-18-16-14-12-10-9-11-13-15-17-19-23-27-32-37-44(3)5-2/h21-22,26,28-29,33-34,38,44-46,49H,4-20,23-25,27,30-32,35-37,39-43H2,1-3H3,(H2,52,53,54)/b26-21+,28-22-,34-29-,38-33-/t44?,45-,46+/m0/s1. The van der Waals surface area contributed by atoms with Crippen LogP contribution in [0.3, 0.4) is 0 Å². The molecule has 9 nitrogen and oxygen atoms in total. The topological polar surface area (TPSA) is 140 Å². The first-order chi connectivity index (χ1) is 28.1. The number of hydrogen-bond acceptors (Lipinski definition) is 7. The highest BCUT2D eigenvalue weighted by Crippen LogP contribution is 2.36. The van der Waals surface area contributed by atoms with Gasteiger partial charge in [0.15, 0.2) is 6.10 Å². The lowest BCUT2D eigenvalue weighted by molar-refractivity contribution is -0.161. The summed E-state index contributed by atoms with van der Waals surface area (Å²) >= 11 is 0. The Morgan fingerprint density at radius 1 is 0.603 bits per heavy atom. The summed E-state index contributed by atoms with van der Waals surface area (Å²) in [5.74, 6) is -0.0902. The van der Waals surface area contributed by atoms with Crippen LogP contribution in [0.5, 0.6) is 0 Å². The van der Waals surface area contributed by atoms with Crippen LogP contribution in [0.4, 0.5) is 0 Å². The molecule has 0 amide bonds. The lowest BCUT2D eigenvalue weighted by Gasteiger charge is -2.18. The zero-order chi connectivity index (χ0) is 42.8. The van der Waals surface area contributed by atoms with Crippen molar-refractivity contribution in [3.63, 3.8) is 0 Å². The average molecular weight is 839 g/mol. The molecule has 0 aromatic heterocycles. The van der Waals surface area contributed by atoms with Gasteiger partial charge in [0.25, 0.3) is 0 Å². The molecule has 0 aromatic carbocycles. The van der Waals surface area contributed by atoms with Crippen LogP contribution in [-0.2, 0) is 28.2 Å². The van der Waals surface area contributed by atoms with Gasteiger partial charge in [-0.1, -0.05) is 204 Å². The smallest absolute Gasteiger partial charge is 0.462 e. The van der Waals surface area contributed by atoms with Gasteiger partial charge < -0.3 is 24.4 Å². The zero-order valence-corrected chi connectivity index (χ0v) is 38.1. The number of unbranched alkanes of at least 4 members (excludes halogenated alkanes) is 21. The summed E-state index contributed by atoms with van der Waals surface area (Å²) in [6, 6.07) is 0. The van der Waals surface area contributed by atoms with Crippen molar-refractivity contribution >= 4 is 19.8 Å². The van der Waals surface area contributed by atoms with E-state index in [2.05, 4.69) is 31.4 Å². The summed E-state index contributed by atoms with van der Waals surface area (Å²) in [6.07, 6.45) is 47.2. The Kier molecular flexibility index (Phi) is 40.2. The highest BCUT2D eigenvalue weighted by Gasteiger charge is 2.22. The molecule has 0 aliphatic carbocycles. The van der Waals surface area contributed by atoms with Crippen molar-refractivity contribution in [1.29, 1.82) is 0 Å². The highest BCUT2D eigenvalue weighted by atomic mass is 31.2. The first-order valence-corrected chi connectivity index (χ1v) is 25.0. The molecule has 0 saturated heterocycles. The third-order valence-electron chi connectivity index (χ3n) is 10.5. The van der Waals surface area contributed by atoms with Gasteiger partial charge in [0, 0.05) is 12.8 Å². The minimum Gasteiger partial charge on any atom is -0.462 e. The van der Waals surface area contributed by atoms with Crippen LogP contribution < -0.4 is 0 Å². The predicted octanol–water partition coefficient (Wildman–Crippen LogP) is 13.5. The maximum atomic E-state index is 12.4. The minimum atomic E-state index is -4.79. The summed E-state index contributed by atoms with van der Waals surface area (Å²) in [5.41, 5.74) is 0. The molecule has 0 rings (SSSR count). The Balaban J connectivity index is 3.96. The lowest BCUT2D eigenvalue weighted by Crippen LogP contribution is -2.29. The SMILES string of the molecule is CCCCC/C=C\C=C/[C@H](O)C/C=C\C/C=C/CCCC(=O)O[C@H](COC(=O)CCCCCCCCCCCCCCCCCCCCC(C)CC)COP(=O)(O)O. The monoisotopic (exact) mass is 839 g/mol. The number of carbonyl (C=O) groups is 2. The lowest BCUT2D eigenvalue weighted by atomic mass is 9.99. The second-order valence-corrected chi connectivity index (χ2v) is 17.4. The molecule has 0 heterocycles. The number of aliphatic hydroxyl groups is 1. The van der Waals surface area contributed by atoms with Crippen LogP contribution in [-0.4, -0.2) is 52.3 Å². The molecule has 338 valence electrons. The molecule has 0 aromatic rings. The number of hydrogen-bond donors (Lipinski definition) is 3. The maximum absolute atomic E-state index is 12.4. The van der Waals surface area contributed by atoms with Gasteiger partial charge in [0.2, 0.25) is 0 Å². The van der Waals surface area contributed by atoms with Gasteiger partial charge in [-0.15, -0.1) is 0 Å². The summed E-state index contributed by atoms with van der Waals surface area (Å²) in [6.45, 7) is 5.95. The van der Waals surface area contributed by atoms with Crippen molar-refractivity contribution in [2.75, 3.05) is 13.2 Å². The summed E-state index contributed by atoms with van der Waals surface area (Å²) in [7, 11) is -4.79. The third kappa shape index (κ3) is 43.5. The van der Waals surface area contributed by atoms with Gasteiger partial charge in [-0.2, -0.15) is 0 Å². The first-order valence-electron chi connectivity index (χ1n) is 23.4. The summed E-state index contributed by atoms with van der Waals surface area (Å²) in [5, 5.41) is 10.0. The van der Waals surface area contributed by atoms with Crippen molar-refractivity contribution in [3.05, 3.63) is 48.6 Å². The summed E-state index contributed by atoms with van der Waals surface area (Å²) < 4.78 is 26.4. The van der Waals surface area contributed by atoms with Crippen molar-refractivity contribution in [1.82, 2.24) is 0 Å². The molecule has 58 heavy (non-hydrogen) atoms. The van der Waals surface area contributed by atoms with Crippen LogP contribution in [0.1, 0.15) is 213 Å². The van der Waals surface area contributed by atoms with Crippen molar-refractivity contribution in [3.8, 4) is 0 Å². The number of phosphoric acid groups is 1. The Bertz CT molecular complexity index is 1110. The van der Waals surface area contributed by atoms with E-state index in [0.29, 0.717) is 32.1 Å². The molecule has 0 saturated carbocycles. The first kappa shape index (κ1) is 56.0. The molecular formula is C48H87O9P. The number of allylic oxidation sites excluding steroid dienone is 6. The van der Waals surface area contributed by atoms with E-state index in [1.165, 1.54) is 122 Å². The maximum Gasteiger partial charge on any atom is 0.469 e. The van der Waals surface area contributed by atoms with E-state index in [-0.39, 0.29) is 19.4 Å². The zero-order valence-electron chi connectivity index (χ0n) is 37.2. The van der Waals surface area contributed by atoms with Crippen molar-refractivity contribution in [2.24, 2.45) is 5.92 Å². The van der Waals surface area contributed by atoms with Crippen LogP contribution in [0.25, 0.3) is 0 Å². The van der Waals surface area contributed by atoms with Gasteiger partial charge in [-0.25, -0.2) is 4.57 Å².